The lowest BCUT2D eigenvalue weighted by Crippen LogP contribution is -2.36. The van der Waals surface area contributed by atoms with Crippen molar-refractivity contribution in [1.29, 1.82) is 0 Å². The van der Waals surface area contributed by atoms with Gasteiger partial charge in [0.1, 0.15) is 0 Å². The maximum atomic E-state index is 12.7. The lowest BCUT2D eigenvalue weighted by molar-refractivity contribution is 0.220. The first-order valence-electron chi connectivity index (χ1n) is 9.14. The minimum Gasteiger partial charge on any atom is -0.330 e. The number of pyridine rings is 1. The van der Waals surface area contributed by atoms with E-state index in [1.807, 2.05) is 30.3 Å². The van der Waals surface area contributed by atoms with Crippen LogP contribution < -0.4 is 4.72 Å². The Kier molecular flexibility index (Phi) is 6.02. The highest BCUT2D eigenvalue weighted by atomic mass is 32.2. The molecule has 0 saturated heterocycles. The molecule has 0 saturated carbocycles. The summed E-state index contributed by atoms with van der Waals surface area (Å²) >= 11 is 0. The van der Waals surface area contributed by atoms with E-state index in [4.69, 9.17) is 0 Å². The van der Waals surface area contributed by atoms with Gasteiger partial charge in [0.05, 0.1) is 5.52 Å². The van der Waals surface area contributed by atoms with Crippen LogP contribution in [-0.4, -0.2) is 67.9 Å². The van der Waals surface area contributed by atoms with E-state index in [2.05, 4.69) is 9.71 Å². The van der Waals surface area contributed by atoms with Gasteiger partial charge in [0, 0.05) is 58.7 Å². The van der Waals surface area contributed by atoms with Crippen LogP contribution in [0.3, 0.4) is 0 Å². The van der Waals surface area contributed by atoms with Crippen LogP contribution in [-0.2, 0) is 16.6 Å². The molecule has 1 N–H and O–H groups in total. The lowest BCUT2D eigenvalue weighted by Gasteiger charge is -2.12. The van der Waals surface area contributed by atoms with Gasteiger partial charge in [-0.3, -0.25) is 9.55 Å². The first kappa shape index (κ1) is 21.0. The number of nitrogens with zero attached hydrogens (tertiary/aromatic N) is 4. The molecule has 0 unspecified atom stereocenters. The van der Waals surface area contributed by atoms with Crippen LogP contribution in [0.4, 0.5) is 4.79 Å². The predicted octanol–water partition coefficient (Wildman–Crippen LogP) is 2.17. The molecule has 0 spiro atoms. The molecule has 0 fully saturated rings. The fourth-order valence-corrected chi connectivity index (χ4v) is 3.66. The Morgan fingerprint density at radius 1 is 1.07 bits per heavy atom. The van der Waals surface area contributed by atoms with E-state index in [9.17, 15) is 13.2 Å². The zero-order valence-corrected chi connectivity index (χ0v) is 17.8. The second-order valence-electron chi connectivity index (χ2n) is 7.10. The lowest BCUT2D eigenvalue weighted by atomic mass is 10.0. The second kappa shape index (κ2) is 8.32. The SMILES string of the molecule is CN(C)C(=O)n1cc(CCNS(=O)(=O)N(C)C)c2ccc(-c3ccncc3)cc21. The Hall–Kier alpha value is -2.75. The molecule has 3 aromatic rings. The molecule has 0 aliphatic rings. The van der Waals surface area contributed by atoms with Crippen molar-refractivity contribution in [3.05, 3.63) is 54.5 Å². The molecule has 1 amide bonds. The Morgan fingerprint density at radius 2 is 1.76 bits per heavy atom. The average Bonchev–Trinajstić information content (AvgIpc) is 3.05. The summed E-state index contributed by atoms with van der Waals surface area (Å²) in [5.74, 6) is 0. The summed E-state index contributed by atoms with van der Waals surface area (Å²) in [6.45, 7) is 0.238. The topological polar surface area (TPSA) is 87.5 Å². The highest BCUT2D eigenvalue weighted by molar-refractivity contribution is 7.87. The molecule has 0 bridgehead atoms. The van der Waals surface area contributed by atoms with Gasteiger partial charge in [0.25, 0.3) is 10.2 Å². The highest BCUT2D eigenvalue weighted by Gasteiger charge is 2.17. The van der Waals surface area contributed by atoms with Crippen LogP contribution in [0, 0.1) is 0 Å². The summed E-state index contributed by atoms with van der Waals surface area (Å²) in [7, 11) is 2.86. The minimum absolute atomic E-state index is 0.165. The molecule has 9 heteroatoms. The Labute approximate surface area is 170 Å². The van der Waals surface area contributed by atoms with Crippen LogP contribution in [0.1, 0.15) is 5.56 Å². The molecule has 0 radical (unpaired) electrons. The smallest absolute Gasteiger partial charge is 0.328 e. The van der Waals surface area contributed by atoms with Gasteiger partial charge in [-0.25, -0.2) is 9.52 Å². The van der Waals surface area contributed by atoms with Gasteiger partial charge in [-0.05, 0) is 41.3 Å². The van der Waals surface area contributed by atoms with Gasteiger partial charge in [-0.15, -0.1) is 0 Å². The zero-order chi connectivity index (χ0) is 21.2. The highest BCUT2D eigenvalue weighted by Crippen LogP contribution is 2.28. The maximum absolute atomic E-state index is 12.7. The number of rotatable bonds is 6. The Balaban J connectivity index is 1.99. The number of carbonyl (C=O) groups is 1. The normalized spacial score (nSPS) is 11.9. The van der Waals surface area contributed by atoms with Gasteiger partial charge < -0.3 is 4.90 Å². The van der Waals surface area contributed by atoms with Gasteiger partial charge in [0.15, 0.2) is 0 Å². The number of hydrogen-bond donors (Lipinski definition) is 1. The summed E-state index contributed by atoms with van der Waals surface area (Å²) in [5, 5.41) is 0.919. The van der Waals surface area contributed by atoms with Crippen molar-refractivity contribution in [3.63, 3.8) is 0 Å². The molecular weight excluding hydrogens is 390 g/mol. The van der Waals surface area contributed by atoms with E-state index in [0.717, 1.165) is 31.9 Å². The molecule has 29 heavy (non-hydrogen) atoms. The Morgan fingerprint density at radius 3 is 2.38 bits per heavy atom. The molecule has 0 aliphatic carbocycles. The molecule has 0 aliphatic heterocycles. The molecule has 0 atom stereocenters. The van der Waals surface area contributed by atoms with E-state index < -0.39 is 10.2 Å². The molecule has 154 valence electrons. The maximum Gasteiger partial charge on any atom is 0.328 e. The van der Waals surface area contributed by atoms with E-state index in [1.165, 1.54) is 19.0 Å². The van der Waals surface area contributed by atoms with Gasteiger partial charge >= 0.3 is 6.03 Å². The monoisotopic (exact) mass is 415 g/mol. The van der Waals surface area contributed by atoms with E-state index in [-0.39, 0.29) is 12.6 Å². The average molecular weight is 416 g/mol. The van der Waals surface area contributed by atoms with Crippen molar-refractivity contribution in [1.82, 2.24) is 23.5 Å². The molecule has 2 heterocycles. The fraction of sp³-hybridized carbons (Fsp3) is 0.300. The quantitative estimate of drug-likeness (QED) is 0.668. The van der Waals surface area contributed by atoms with Crippen LogP contribution >= 0.6 is 0 Å². The molecule has 3 rings (SSSR count). The third kappa shape index (κ3) is 4.47. The third-order valence-electron chi connectivity index (χ3n) is 4.65. The number of carbonyl (C=O) groups excluding carboxylic acids is 1. The third-order valence-corrected chi connectivity index (χ3v) is 6.18. The summed E-state index contributed by atoms with van der Waals surface area (Å²) in [4.78, 5) is 18.3. The van der Waals surface area contributed by atoms with Crippen molar-refractivity contribution < 1.29 is 13.2 Å². The van der Waals surface area contributed by atoms with E-state index >= 15 is 0 Å². The Bertz CT molecular complexity index is 1120. The van der Waals surface area contributed by atoms with Crippen molar-refractivity contribution in [2.24, 2.45) is 0 Å². The molecule has 8 nitrogen and oxygen atoms in total. The first-order valence-corrected chi connectivity index (χ1v) is 10.6. The first-order chi connectivity index (χ1) is 13.7. The van der Waals surface area contributed by atoms with Crippen LogP contribution in [0.2, 0.25) is 0 Å². The van der Waals surface area contributed by atoms with Crippen LogP contribution in [0.25, 0.3) is 22.0 Å². The van der Waals surface area contributed by atoms with Crippen molar-refractivity contribution >= 4 is 27.1 Å². The predicted molar refractivity (Wildman–Crippen MR) is 114 cm³/mol. The summed E-state index contributed by atoms with van der Waals surface area (Å²) in [6, 6.07) is 9.61. The standard InChI is InChI=1S/C20H25N5O3S/c1-23(2)20(26)25-14-17(9-12-22-29(27,28)24(3)4)18-6-5-16(13-19(18)25)15-7-10-21-11-8-15/h5-8,10-11,13-14,22H,9,12H2,1-4H3. The van der Waals surface area contributed by atoms with E-state index in [0.29, 0.717) is 6.42 Å². The fourth-order valence-electron chi connectivity index (χ4n) is 3.04. The van der Waals surface area contributed by atoms with Gasteiger partial charge in [-0.1, -0.05) is 12.1 Å². The van der Waals surface area contributed by atoms with Crippen LogP contribution in [0.15, 0.2) is 48.9 Å². The van der Waals surface area contributed by atoms with Crippen LogP contribution in [0.5, 0.6) is 0 Å². The van der Waals surface area contributed by atoms with Crippen molar-refractivity contribution in [2.75, 3.05) is 34.7 Å². The number of hydrogen-bond acceptors (Lipinski definition) is 4. The van der Waals surface area contributed by atoms with Gasteiger partial charge in [0.2, 0.25) is 0 Å². The number of benzene rings is 1. The number of aromatic nitrogens is 2. The minimum atomic E-state index is -3.49. The number of fused-ring (bicyclic) bond motifs is 1. The summed E-state index contributed by atoms with van der Waals surface area (Å²) < 4.78 is 29.2. The second-order valence-corrected chi connectivity index (χ2v) is 9.07. The summed E-state index contributed by atoms with van der Waals surface area (Å²) in [5.41, 5.74) is 3.67. The van der Waals surface area contributed by atoms with Gasteiger partial charge in [-0.2, -0.15) is 12.7 Å². The largest absolute Gasteiger partial charge is 0.330 e. The van der Waals surface area contributed by atoms with Crippen molar-refractivity contribution in [2.45, 2.75) is 6.42 Å². The summed E-state index contributed by atoms with van der Waals surface area (Å²) in [6.07, 6.45) is 5.71. The van der Waals surface area contributed by atoms with E-state index in [1.54, 1.807) is 37.3 Å². The number of nitrogens with one attached hydrogen (secondary N) is 1. The zero-order valence-electron chi connectivity index (χ0n) is 17.0. The van der Waals surface area contributed by atoms with Crippen molar-refractivity contribution in [3.8, 4) is 11.1 Å². The molecular formula is C20H25N5O3S. The molecule has 2 aromatic heterocycles. The number of amides is 1. The molecule has 1 aromatic carbocycles.